The van der Waals surface area contributed by atoms with Crippen molar-refractivity contribution < 1.29 is 13.5 Å². The summed E-state index contributed by atoms with van der Waals surface area (Å²) in [6, 6.07) is 6.90. The van der Waals surface area contributed by atoms with E-state index in [1.165, 1.54) is 0 Å². The van der Waals surface area contributed by atoms with Crippen LogP contribution in [0.3, 0.4) is 0 Å². The molecule has 0 spiro atoms. The van der Waals surface area contributed by atoms with Crippen molar-refractivity contribution in [3.8, 4) is 0 Å². The number of anilines is 1. The molecule has 0 atom stereocenters. The second-order valence-electron chi connectivity index (χ2n) is 3.86. The third-order valence-corrected chi connectivity index (χ3v) is 4.48. The predicted octanol–water partition coefficient (Wildman–Crippen LogP) is 1.74. The van der Waals surface area contributed by atoms with E-state index in [0.717, 1.165) is 6.54 Å². The Morgan fingerprint density at radius 1 is 1.24 bits per heavy atom. The van der Waals surface area contributed by atoms with Crippen molar-refractivity contribution in [2.45, 2.75) is 18.2 Å². The number of hydrogen-bond acceptors (Lipinski definition) is 3. The maximum atomic E-state index is 12.1. The maximum Gasteiger partial charge on any atom is 0.180 e. The molecule has 0 amide bonds. The Labute approximate surface area is 103 Å². The van der Waals surface area contributed by atoms with Crippen LogP contribution in [0.15, 0.2) is 29.2 Å². The van der Waals surface area contributed by atoms with Gasteiger partial charge in [-0.25, -0.2) is 13.5 Å². The zero-order valence-corrected chi connectivity index (χ0v) is 11.0. The van der Waals surface area contributed by atoms with Crippen molar-refractivity contribution in [1.82, 2.24) is 0 Å². The van der Waals surface area contributed by atoms with Gasteiger partial charge in [0, 0.05) is 13.6 Å². The van der Waals surface area contributed by atoms with E-state index in [1.807, 2.05) is 24.9 Å². The van der Waals surface area contributed by atoms with Crippen molar-refractivity contribution in [2.24, 2.45) is 0 Å². The Balaban J connectivity index is 3.13. The molecule has 0 saturated heterocycles. The monoisotopic (exact) mass is 256 g/mol. The molecule has 0 saturated carbocycles. The van der Waals surface area contributed by atoms with Crippen LogP contribution >= 0.6 is 0 Å². The summed E-state index contributed by atoms with van der Waals surface area (Å²) in [7, 11) is -1.50. The first-order chi connectivity index (χ1) is 8.03. The number of hydrogen-bond donors (Lipinski definition) is 0. The Morgan fingerprint density at radius 2 is 1.88 bits per heavy atom. The van der Waals surface area contributed by atoms with E-state index >= 15 is 0 Å². The summed E-state index contributed by atoms with van der Waals surface area (Å²) in [5.74, 6) is -0.0783. The van der Waals surface area contributed by atoms with Crippen molar-refractivity contribution >= 4 is 15.5 Å². The summed E-state index contributed by atoms with van der Waals surface area (Å²) in [5, 5.41) is 10.4. The molecule has 1 rings (SSSR count). The molecule has 0 aliphatic heterocycles. The summed E-state index contributed by atoms with van der Waals surface area (Å²) in [4.78, 5) is 2.20. The molecule has 1 radical (unpaired) electrons. The zero-order chi connectivity index (χ0) is 12.9. The Morgan fingerprint density at radius 3 is 2.47 bits per heavy atom. The first kappa shape index (κ1) is 14.0. The molecule has 4 nitrogen and oxygen atoms in total. The highest BCUT2D eigenvalue weighted by atomic mass is 32.2. The highest BCUT2D eigenvalue weighted by Gasteiger charge is 2.19. The van der Waals surface area contributed by atoms with Crippen molar-refractivity contribution in [3.63, 3.8) is 0 Å². The van der Waals surface area contributed by atoms with Crippen molar-refractivity contribution in [3.05, 3.63) is 24.3 Å². The van der Waals surface area contributed by atoms with Gasteiger partial charge in [0.25, 0.3) is 0 Å². The summed E-state index contributed by atoms with van der Waals surface area (Å²) in [6.45, 7) is 2.33. The van der Waals surface area contributed by atoms with Gasteiger partial charge in [0.15, 0.2) is 9.84 Å². The molecule has 0 heterocycles. The van der Waals surface area contributed by atoms with Crippen LogP contribution in [0.5, 0.6) is 0 Å². The highest BCUT2D eigenvalue weighted by molar-refractivity contribution is 7.91. The van der Waals surface area contributed by atoms with Crippen LogP contribution in [0, 0.1) is 0 Å². The van der Waals surface area contributed by atoms with E-state index in [9.17, 15) is 13.5 Å². The lowest BCUT2D eigenvalue weighted by molar-refractivity contribution is 0.194. The summed E-state index contributed by atoms with van der Waals surface area (Å²) in [5.41, 5.74) is 0.695. The molecule has 0 aromatic heterocycles. The lowest BCUT2D eigenvalue weighted by atomic mass is 10.3. The van der Waals surface area contributed by atoms with Gasteiger partial charge in [-0.3, -0.25) is 0 Å². The summed E-state index contributed by atoms with van der Waals surface area (Å²) < 4.78 is 24.1. The van der Waals surface area contributed by atoms with Gasteiger partial charge in [-0.2, -0.15) is 0 Å². The number of rotatable bonds is 6. The van der Waals surface area contributed by atoms with Gasteiger partial charge < -0.3 is 4.90 Å². The molecule has 0 aliphatic carbocycles. The lowest BCUT2D eigenvalue weighted by Crippen LogP contribution is -2.20. The Kier molecular flexibility index (Phi) is 4.96. The quantitative estimate of drug-likeness (QED) is 0.779. The molecule has 0 fully saturated rings. The number of para-hydroxylation sites is 1. The van der Waals surface area contributed by atoms with Crippen molar-refractivity contribution in [1.29, 1.82) is 0 Å². The van der Waals surface area contributed by atoms with Gasteiger partial charge in [0.2, 0.25) is 0 Å². The average molecular weight is 256 g/mol. The van der Waals surface area contributed by atoms with E-state index in [0.29, 0.717) is 10.6 Å². The molecular formula is C12H18NO3S. The minimum Gasteiger partial charge on any atom is -0.374 e. The van der Waals surface area contributed by atoms with E-state index in [2.05, 4.69) is 0 Å². The second kappa shape index (κ2) is 6.02. The number of nitrogens with zero attached hydrogens (tertiary/aromatic N) is 1. The fourth-order valence-corrected chi connectivity index (χ4v) is 3.11. The van der Waals surface area contributed by atoms with Crippen LogP contribution in [0.25, 0.3) is 0 Å². The molecule has 1 aromatic carbocycles. The minimum atomic E-state index is -3.35. The smallest absolute Gasteiger partial charge is 0.180 e. The predicted molar refractivity (Wildman–Crippen MR) is 67.6 cm³/mol. The van der Waals surface area contributed by atoms with Crippen molar-refractivity contribution in [2.75, 3.05) is 30.9 Å². The Hall–Kier alpha value is -1.07. The van der Waals surface area contributed by atoms with Gasteiger partial charge in [0.05, 0.1) is 22.9 Å². The van der Waals surface area contributed by atoms with Gasteiger partial charge in [0.1, 0.15) is 0 Å². The molecule has 0 unspecified atom stereocenters. The molecule has 1 aromatic rings. The minimum absolute atomic E-state index is 0.0783. The largest absolute Gasteiger partial charge is 0.374 e. The van der Waals surface area contributed by atoms with E-state index in [1.54, 1.807) is 18.2 Å². The van der Waals surface area contributed by atoms with E-state index in [4.69, 9.17) is 0 Å². The molecule has 5 heteroatoms. The van der Waals surface area contributed by atoms with Gasteiger partial charge in [-0.15, -0.1) is 0 Å². The fraction of sp³-hybridized carbons (Fsp3) is 0.500. The van der Waals surface area contributed by atoms with Gasteiger partial charge in [-0.1, -0.05) is 12.1 Å². The number of benzene rings is 1. The Bertz CT molecular complexity index is 457. The average Bonchev–Trinajstić information content (AvgIpc) is 2.35. The molecular weight excluding hydrogens is 238 g/mol. The van der Waals surface area contributed by atoms with Crippen LogP contribution in [0.2, 0.25) is 0 Å². The van der Waals surface area contributed by atoms with E-state index in [-0.39, 0.29) is 18.8 Å². The lowest BCUT2D eigenvalue weighted by Gasteiger charge is -2.20. The maximum absolute atomic E-state index is 12.1. The second-order valence-corrected chi connectivity index (χ2v) is 5.94. The van der Waals surface area contributed by atoms with Gasteiger partial charge in [-0.05, 0) is 25.5 Å². The third kappa shape index (κ3) is 3.44. The van der Waals surface area contributed by atoms with Crippen LogP contribution in [0.4, 0.5) is 5.69 Å². The van der Waals surface area contributed by atoms with E-state index < -0.39 is 9.84 Å². The normalized spacial score (nSPS) is 11.5. The molecule has 17 heavy (non-hydrogen) atoms. The topological polar surface area (TPSA) is 57.3 Å². The summed E-state index contributed by atoms with van der Waals surface area (Å²) >= 11 is 0. The zero-order valence-electron chi connectivity index (χ0n) is 10.2. The fourth-order valence-electron chi connectivity index (χ4n) is 1.56. The molecule has 0 aliphatic rings. The molecule has 0 N–H and O–H groups in total. The summed E-state index contributed by atoms with van der Waals surface area (Å²) in [6.07, 6.45) is 0.159. The van der Waals surface area contributed by atoms with Crippen LogP contribution in [0.1, 0.15) is 13.3 Å². The first-order valence-corrected chi connectivity index (χ1v) is 7.29. The molecule has 95 valence electrons. The van der Waals surface area contributed by atoms with Gasteiger partial charge >= 0.3 is 0 Å². The van der Waals surface area contributed by atoms with Crippen LogP contribution < -0.4 is 4.90 Å². The molecule has 0 bridgehead atoms. The van der Waals surface area contributed by atoms with Crippen LogP contribution in [-0.4, -0.2) is 34.4 Å². The first-order valence-electron chi connectivity index (χ1n) is 5.64. The standard InChI is InChI=1S/C12H18NO3S/c1-3-13(2)11-7-4-5-8-12(11)17(15,16)10-6-9-14/h4-5,7-8H,3,6,9-10H2,1-2H3. The SMILES string of the molecule is CCN(C)c1ccccc1S(=O)(=O)CCC[O]. The number of sulfone groups is 1. The third-order valence-electron chi connectivity index (χ3n) is 2.64. The highest BCUT2D eigenvalue weighted by Crippen LogP contribution is 2.25. The van der Waals surface area contributed by atoms with Crippen LogP contribution in [-0.2, 0) is 14.9 Å².